The van der Waals surface area contributed by atoms with Crippen LogP contribution in [0.1, 0.15) is 62.8 Å². The molecule has 0 aliphatic rings. The third-order valence-electron chi connectivity index (χ3n) is 4.96. The van der Waals surface area contributed by atoms with E-state index in [1.807, 2.05) is 38.1 Å². The Hall–Kier alpha value is -2.05. The first-order valence-electron chi connectivity index (χ1n) is 9.93. The van der Waals surface area contributed by atoms with Crippen LogP contribution in [-0.2, 0) is 10.0 Å². The summed E-state index contributed by atoms with van der Waals surface area (Å²) in [6.45, 7) is 10.0. The van der Waals surface area contributed by atoms with Gasteiger partial charge < -0.3 is 9.47 Å². The Morgan fingerprint density at radius 3 is 2.07 bits per heavy atom. The molecule has 0 saturated heterocycles. The van der Waals surface area contributed by atoms with Gasteiger partial charge in [-0.25, -0.2) is 13.1 Å². The summed E-state index contributed by atoms with van der Waals surface area (Å²) < 4.78 is 40.3. The van der Waals surface area contributed by atoms with Crippen LogP contribution in [-0.4, -0.2) is 22.6 Å². The van der Waals surface area contributed by atoms with Gasteiger partial charge in [-0.1, -0.05) is 39.8 Å². The van der Waals surface area contributed by atoms with E-state index in [-0.39, 0.29) is 12.0 Å². The highest BCUT2D eigenvalue weighted by molar-refractivity contribution is 7.89. The highest BCUT2D eigenvalue weighted by Crippen LogP contribution is 2.33. The van der Waals surface area contributed by atoms with Crippen LogP contribution >= 0.6 is 0 Å². The first-order chi connectivity index (χ1) is 13.6. The molecule has 6 heteroatoms. The van der Waals surface area contributed by atoms with E-state index in [4.69, 9.17) is 9.47 Å². The van der Waals surface area contributed by atoms with Gasteiger partial charge in [0.05, 0.1) is 19.1 Å². The summed E-state index contributed by atoms with van der Waals surface area (Å²) in [7, 11) is -0.498. The number of ether oxygens (including phenoxy) is 2. The summed E-state index contributed by atoms with van der Waals surface area (Å²) in [4.78, 5) is 0.296. The van der Waals surface area contributed by atoms with Gasteiger partial charge in [-0.3, -0.25) is 0 Å². The zero-order chi connectivity index (χ0) is 21.8. The van der Waals surface area contributed by atoms with Crippen molar-refractivity contribution < 1.29 is 17.9 Å². The molecule has 0 fully saturated rings. The van der Waals surface area contributed by atoms with Crippen molar-refractivity contribution in [3.63, 3.8) is 0 Å². The molecule has 0 radical (unpaired) electrons. The lowest BCUT2D eigenvalue weighted by Gasteiger charge is -2.23. The number of aryl methyl sites for hydroxylation is 1. The van der Waals surface area contributed by atoms with Gasteiger partial charge in [0, 0.05) is 6.04 Å². The number of benzene rings is 2. The zero-order valence-corrected chi connectivity index (χ0v) is 19.3. The second-order valence-electron chi connectivity index (χ2n) is 8.09. The number of methoxy groups -OCH3 is 2. The van der Waals surface area contributed by atoms with Crippen LogP contribution in [0.4, 0.5) is 0 Å². The molecule has 2 aromatic carbocycles. The largest absolute Gasteiger partial charge is 0.497 e. The topological polar surface area (TPSA) is 64.6 Å². The van der Waals surface area contributed by atoms with Crippen molar-refractivity contribution in [2.75, 3.05) is 14.2 Å². The quantitative estimate of drug-likeness (QED) is 0.607. The van der Waals surface area contributed by atoms with E-state index in [0.29, 0.717) is 28.5 Å². The van der Waals surface area contributed by atoms with Crippen LogP contribution < -0.4 is 14.2 Å². The molecule has 0 aromatic heterocycles. The van der Waals surface area contributed by atoms with Crippen molar-refractivity contribution in [2.45, 2.75) is 57.9 Å². The summed E-state index contributed by atoms with van der Waals surface area (Å²) in [6, 6.07) is 10.7. The number of sulfonamides is 1. The van der Waals surface area contributed by atoms with E-state index in [1.165, 1.54) is 0 Å². The van der Waals surface area contributed by atoms with Crippen LogP contribution in [0.25, 0.3) is 0 Å². The van der Waals surface area contributed by atoms with Gasteiger partial charge in [-0.2, -0.15) is 0 Å². The number of hydrogen-bond acceptors (Lipinski definition) is 4. The summed E-state index contributed by atoms with van der Waals surface area (Å²) in [6.07, 6.45) is 0.692. The third-order valence-corrected chi connectivity index (χ3v) is 6.58. The molecule has 0 bridgehead atoms. The van der Waals surface area contributed by atoms with E-state index < -0.39 is 10.0 Å². The molecule has 5 nitrogen and oxygen atoms in total. The summed E-state index contributed by atoms with van der Waals surface area (Å²) in [5, 5.41) is 0. The minimum atomic E-state index is -3.72. The SMILES string of the molecule is COc1ccc([C@H](CC(C)C)NS(=O)(=O)c2cc(C(C)C)c(OC)cc2C)cc1. The standard InChI is InChI=1S/C23H33NO4S/c1-15(2)12-21(18-8-10-19(27-6)11-9-18)24-29(25,26)23-14-20(16(3)4)22(28-7)13-17(23)5/h8-11,13-16,21,24H,12H2,1-7H3/t21-/m0/s1. The van der Waals surface area contributed by atoms with E-state index in [9.17, 15) is 8.42 Å². The second kappa shape index (κ2) is 9.63. The van der Waals surface area contributed by atoms with E-state index >= 15 is 0 Å². The number of hydrogen-bond donors (Lipinski definition) is 1. The molecule has 1 atom stereocenters. The first kappa shape index (κ1) is 23.2. The maximum atomic E-state index is 13.3. The molecule has 0 heterocycles. The van der Waals surface area contributed by atoms with Gasteiger partial charge in [0.2, 0.25) is 10.0 Å². The van der Waals surface area contributed by atoms with Crippen LogP contribution in [0, 0.1) is 12.8 Å². The highest BCUT2D eigenvalue weighted by Gasteiger charge is 2.25. The van der Waals surface area contributed by atoms with Crippen LogP contribution in [0.2, 0.25) is 0 Å². The Morgan fingerprint density at radius 2 is 1.59 bits per heavy atom. The molecular formula is C23H33NO4S. The average molecular weight is 420 g/mol. The molecule has 0 aliphatic heterocycles. The van der Waals surface area contributed by atoms with Crippen molar-refractivity contribution in [2.24, 2.45) is 5.92 Å². The van der Waals surface area contributed by atoms with Crippen molar-refractivity contribution in [1.82, 2.24) is 4.72 Å². The lowest BCUT2D eigenvalue weighted by Crippen LogP contribution is -2.30. The van der Waals surface area contributed by atoms with Crippen molar-refractivity contribution in [1.29, 1.82) is 0 Å². The molecule has 0 spiro atoms. The predicted octanol–water partition coefficient (Wildman–Crippen LogP) is 5.20. The molecule has 2 aromatic rings. The lowest BCUT2D eigenvalue weighted by atomic mass is 9.98. The smallest absolute Gasteiger partial charge is 0.241 e. The van der Waals surface area contributed by atoms with Gasteiger partial charge >= 0.3 is 0 Å². The Kier molecular flexibility index (Phi) is 7.72. The van der Waals surface area contributed by atoms with E-state index in [0.717, 1.165) is 16.9 Å². The Bertz CT molecular complexity index is 919. The molecule has 29 heavy (non-hydrogen) atoms. The monoisotopic (exact) mass is 419 g/mol. The molecule has 160 valence electrons. The maximum Gasteiger partial charge on any atom is 0.241 e. The second-order valence-corrected chi connectivity index (χ2v) is 9.77. The van der Waals surface area contributed by atoms with Crippen LogP contribution in [0.15, 0.2) is 41.3 Å². The third kappa shape index (κ3) is 5.73. The van der Waals surface area contributed by atoms with Crippen LogP contribution in [0.3, 0.4) is 0 Å². The van der Waals surface area contributed by atoms with Gasteiger partial charge in [0.15, 0.2) is 0 Å². The molecule has 1 N–H and O–H groups in total. The van der Waals surface area contributed by atoms with Crippen molar-refractivity contribution >= 4 is 10.0 Å². The van der Waals surface area contributed by atoms with Gasteiger partial charge in [0.25, 0.3) is 0 Å². The van der Waals surface area contributed by atoms with Gasteiger partial charge in [-0.15, -0.1) is 0 Å². The van der Waals surface area contributed by atoms with Gasteiger partial charge in [0.1, 0.15) is 11.5 Å². The normalized spacial score (nSPS) is 13.0. The molecular weight excluding hydrogens is 386 g/mol. The molecule has 0 amide bonds. The fraction of sp³-hybridized carbons (Fsp3) is 0.478. The average Bonchev–Trinajstić information content (AvgIpc) is 2.66. The Morgan fingerprint density at radius 1 is 0.966 bits per heavy atom. The van der Waals surface area contributed by atoms with Crippen LogP contribution in [0.5, 0.6) is 11.5 Å². The minimum Gasteiger partial charge on any atom is -0.497 e. The maximum absolute atomic E-state index is 13.3. The summed E-state index contributed by atoms with van der Waals surface area (Å²) >= 11 is 0. The minimum absolute atomic E-state index is 0.146. The number of rotatable bonds is 9. The molecule has 0 aliphatic carbocycles. The van der Waals surface area contributed by atoms with Crippen molar-refractivity contribution in [3.05, 3.63) is 53.1 Å². The van der Waals surface area contributed by atoms with E-state index in [1.54, 1.807) is 33.3 Å². The fourth-order valence-corrected chi connectivity index (χ4v) is 4.90. The molecule has 2 rings (SSSR count). The molecule has 0 unspecified atom stereocenters. The first-order valence-corrected chi connectivity index (χ1v) is 11.4. The highest BCUT2D eigenvalue weighted by atomic mass is 32.2. The number of nitrogens with one attached hydrogen (secondary N) is 1. The molecule has 0 saturated carbocycles. The fourth-order valence-electron chi connectivity index (χ4n) is 3.41. The summed E-state index contributed by atoms with van der Waals surface area (Å²) in [5.41, 5.74) is 2.46. The van der Waals surface area contributed by atoms with Crippen molar-refractivity contribution in [3.8, 4) is 11.5 Å². The zero-order valence-electron chi connectivity index (χ0n) is 18.4. The lowest BCUT2D eigenvalue weighted by molar-refractivity contribution is 0.406. The Balaban J connectivity index is 2.45. The predicted molar refractivity (Wildman–Crippen MR) is 117 cm³/mol. The van der Waals surface area contributed by atoms with E-state index in [2.05, 4.69) is 18.6 Å². The van der Waals surface area contributed by atoms with Gasteiger partial charge in [-0.05, 0) is 66.1 Å². The summed E-state index contributed by atoms with van der Waals surface area (Å²) in [5.74, 6) is 1.93. The Labute approximate surface area is 175 Å².